The van der Waals surface area contributed by atoms with Crippen molar-refractivity contribution in [3.05, 3.63) is 11.1 Å². The molecule has 0 amide bonds. The van der Waals surface area contributed by atoms with Crippen molar-refractivity contribution in [1.29, 1.82) is 0 Å². The third kappa shape index (κ3) is 3.82. The number of hydrogen-bond donors (Lipinski definition) is 1. The van der Waals surface area contributed by atoms with E-state index in [0.29, 0.717) is 16.9 Å². The molecular formula is C10H15ClN2O2S2. The number of rotatable bonds is 6. The molecule has 1 aromatic rings. The SMILES string of the molecule is CC(CCl)CS(=O)(=O)Nc1nc(C2CC2)cs1. The molecule has 4 nitrogen and oxygen atoms in total. The Bertz CT molecular complexity index is 482. The Morgan fingerprint density at radius 3 is 2.94 bits per heavy atom. The highest BCUT2D eigenvalue weighted by atomic mass is 35.5. The lowest BCUT2D eigenvalue weighted by Gasteiger charge is -2.08. The Kier molecular flexibility index (Phi) is 3.95. The van der Waals surface area contributed by atoms with Crippen molar-refractivity contribution < 1.29 is 8.42 Å². The highest BCUT2D eigenvalue weighted by Crippen LogP contribution is 2.40. The smallest absolute Gasteiger partial charge is 0.234 e. The van der Waals surface area contributed by atoms with Gasteiger partial charge in [-0.3, -0.25) is 4.72 Å². The number of nitrogens with zero attached hydrogens (tertiary/aromatic N) is 1. The normalized spacial score (nSPS) is 18.0. The van der Waals surface area contributed by atoms with Crippen molar-refractivity contribution in [1.82, 2.24) is 4.98 Å². The number of halogens is 1. The molecule has 2 rings (SSSR count). The predicted molar refractivity (Wildman–Crippen MR) is 71.4 cm³/mol. The molecule has 17 heavy (non-hydrogen) atoms. The standard InChI is InChI=1S/C10H15ClN2O2S2/c1-7(4-11)6-17(14,15)13-10-12-9(5-16-10)8-2-3-8/h5,7-8H,2-4,6H2,1H3,(H,12,13). The largest absolute Gasteiger partial charge is 0.259 e. The van der Waals surface area contributed by atoms with E-state index in [0.717, 1.165) is 5.69 Å². The highest BCUT2D eigenvalue weighted by molar-refractivity contribution is 7.92. The van der Waals surface area contributed by atoms with E-state index in [9.17, 15) is 8.42 Å². The third-order valence-electron chi connectivity index (χ3n) is 2.53. The van der Waals surface area contributed by atoms with Gasteiger partial charge < -0.3 is 0 Å². The molecule has 1 fully saturated rings. The van der Waals surface area contributed by atoms with E-state index in [2.05, 4.69) is 9.71 Å². The van der Waals surface area contributed by atoms with Gasteiger partial charge in [0.15, 0.2) is 5.13 Å². The summed E-state index contributed by atoms with van der Waals surface area (Å²) in [5.74, 6) is 0.865. The zero-order valence-corrected chi connectivity index (χ0v) is 11.9. The number of hydrogen-bond acceptors (Lipinski definition) is 4. The second-order valence-corrected chi connectivity index (χ2v) is 7.43. The van der Waals surface area contributed by atoms with Crippen molar-refractivity contribution in [3.63, 3.8) is 0 Å². The quantitative estimate of drug-likeness (QED) is 0.821. The molecule has 0 aromatic carbocycles. The van der Waals surface area contributed by atoms with Crippen LogP contribution in [0.3, 0.4) is 0 Å². The van der Waals surface area contributed by atoms with Crippen LogP contribution in [-0.2, 0) is 10.0 Å². The Morgan fingerprint density at radius 1 is 1.65 bits per heavy atom. The van der Waals surface area contributed by atoms with E-state index in [1.54, 1.807) is 0 Å². The van der Waals surface area contributed by atoms with E-state index < -0.39 is 10.0 Å². The molecule has 1 atom stereocenters. The van der Waals surface area contributed by atoms with Crippen molar-refractivity contribution in [2.45, 2.75) is 25.7 Å². The minimum atomic E-state index is -3.32. The fraction of sp³-hybridized carbons (Fsp3) is 0.700. The van der Waals surface area contributed by atoms with Crippen molar-refractivity contribution in [3.8, 4) is 0 Å². The molecule has 0 aliphatic heterocycles. The molecule has 96 valence electrons. The topological polar surface area (TPSA) is 59.1 Å². The van der Waals surface area contributed by atoms with E-state index in [1.807, 2.05) is 12.3 Å². The van der Waals surface area contributed by atoms with Crippen LogP contribution < -0.4 is 4.72 Å². The summed E-state index contributed by atoms with van der Waals surface area (Å²) < 4.78 is 26.0. The Balaban J connectivity index is 1.98. The second-order valence-electron chi connectivity index (χ2n) is 4.49. The van der Waals surface area contributed by atoms with Crippen LogP contribution in [-0.4, -0.2) is 25.0 Å². The molecule has 0 bridgehead atoms. The maximum absolute atomic E-state index is 11.8. The first kappa shape index (κ1) is 13.1. The first-order chi connectivity index (χ1) is 8.00. The number of thiazole rings is 1. The molecule has 1 unspecified atom stereocenters. The van der Waals surface area contributed by atoms with Crippen LogP contribution >= 0.6 is 22.9 Å². The van der Waals surface area contributed by atoms with Crippen LogP contribution in [0.5, 0.6) is 0 Å². The molecule has 1 aliphatic rings. The molecule has 0 radical (unpaired) electrons. The van der Waals surface area contributed by atoms with Gasteiger partial charge in [0.1, 0.15) is 0 Å². The van der Waals surface area contributed by atoms with Crippen LogP contribution in [0.15, 0.2) is 5.38 Å². The van der Waals surface area contributed by atoms with Gasteiger partial charge in [0, 0.05) is 17.2 Å². The van der Waals surface area contributed by atoms with Gasteiger partial charge in [0.25, 0.3) is 0 Å². The first-order valence-corrected chi connectivity index (χ1v) is 8.58. The van der Waals surface area contributed by atoms with Crippen LogP contribution in [0.4, 0.5) is 5.13 Å². The Morgan fingerprint density at radius 2 is 2.35 bits per heavy atom. The lowest BCUT2D eigenvalue weighted by Crippen LogP contribution is -2.22. The maximum atomic E-state index is 11.8. The summed E-state index contributed by atoms with van der Waals surface area (Å²) in [7, 11) is -3.32. The zero-order chi connectivity index (χ0) is 12.5. The average Bonchev–Trinajstić information content (AvgIpc) is 2.99. The summed E-state index contributed by atoms with van der Waals surface area (Å²) >= 11 is 6.95. The van der Waals surface area contributed by atoms with Gasteiger partial charge in [0.2, 0.25) is 10.0 Å². The molecule has 7 heteroatoms. The Hall–Kier alpha value is -0.330. The molecule has 1 N–H and O–H groups in total. The highest BCUT2D eigenvalue weighted by Gasteiger charge is 2.26. The fourth-order valence-electron chi connectivity index (χ4n) is 1.49. The zero-order valence-electron chi connectivity index (χ0n) is 9.52. The predicted octanol–water partition coefficient (Wildman–Crippen LogP) is 2.64. The summed E-state index contributed by atoms with van der Waals surface area (Å²) in [4.78, 5) is 4.29. The molecule has 1 aliphatic carbocycles. The van der Waals surface area contributed by atoms with Crippen LogP contribution in [0.1, 0.15) is 31.4 Å². The number of aromatic nitrogens is 1. The summed E-state index contributed by atoms with van der Waals surface area (Å²) in [6, 6.07) is 0. The maximum Gasteiger partial charge on any atom is 0.234 e. The number of sulfonamides is 1. The monoisotopic (exact) mass is 294 g/mol. The van der Waals surface area contributed by atoms with Crippen LogP contribution in [0.2, 0.25) is 0 Å². The minimum Gasteiger partial charge on any atom is -0.259 e. The second kappa shape index (κ2) is 5.12. The van der Waals surface area contributed by atoms with Gasteiger partial charge in [-0.25, -0.2) is 13.4 Å². The van der Waals surface area contributed by atoms with Crippen molar-refractivity contribution in [2.75, 3.05) is 16.4 Å². The number of alkyl halides is 1. The summed E-state index contributed by atoms with van der Waals surface area (Å²) in [6.07, 6.45) is 2.33. The molecule has 0 saturated heterocycles. The van der Waals surface area contributed by atoms with E-state index in [4.69, 9.17) is 11.6 Å². The van der Waals surface area contributed by atoms with Crippen molar-refractivity contribution in [2.24, 2.45) is 5.92 Å². The summed E-state index contributed by atoms with van der Waals surface area (Å²) in [5.41, 5.74) is 1.01. The van der Waals surface area contributed by atoms with Gasteiger partial charge in [-0.15, -0.1) is 22.9 Å². The van der Waals surface area contributed by atoms with Gasteiger partial charge in [-0.1, -0.05) is 6.92 Å². The lowest BCUT2D eigenvalue weighted by molar-refractivity contribution is 0.588. The molecule has 0 spiro atoms. The summed E-state index contributed by atoms with van der Waals surface area (Å²) in [5, 5.41) is 2.40. The van der Waals surface area contributed by atoms with Gasteiger partial charge in [-0.05, 0) is 18.8 Å². The Labute approximate surface area is 110 Å². The minimum absolute atomic E-state index is 0.0365. The van der Waals surface area contributed by atoms with E-state index in [-0.39, 0.29) is 11.7 Å². The molecule has 1 saturated carbocycles. The molecular weight excluding hydrogens is 280 g/mol. The molecule has 1 heterocycles. The van der Waals surface area contributed by atoms with Gasteiger partial charge in [0.05, 0.1) is 11.4 Å². The fourth-order valence-corrected chi connectivity index (χ4v) is 4.20. The van der Waals surface area contributed by atoms with Gasteiger partial charge in [-0.2, -0.15) is 0 Å². The van der Waals surface area contributed by atoms with Gasteiger partial charge >= 0.3 is 0 Å². The van der Waals surface area contributed by atoms with Crippen molar-refractivity contribution >= 4 is 38.1 Å². The third-order valence-corrected chi connectivity index (χ3v) is 5.47. The number of anilines is 1. The van der Waals surface area contributed by atoms with E-state index >= 15 is 0 Å². The average molecular weight is 295 g/mol. The number of nitrogens with one attached hydrogen (secondary N) is 1. The summed E-state index contributed by atoms with van der Waals surface area (Å²) in [6.45, 7) is 1.81. The van der Waals surface area contributed by atoms with E-state index in [1.165, 1.54) is 24.2 Å². The molecule has 1 aromatic heterocycles. The lowest BCUT2D eigenvalue weighted by atomic mass is 10.3. The van der Waals surface area contributed by atoms with Crippen LogP contribution in [0, 0.1) is 5.92 Å². The van der Waals surface area contributed by atoms with Crippen LogP contribution in [0.25, 0.3) is 0 Å². The first-order valence-electron chi connectivity index (χ1n) is 5.52.